The van der Waals surface area contributed by atoms with Gasteiger partial charge in [-0.05, 0) is 120 Å². The van der Waals surface area contributed by atoms with Crippen LogP contribution in [0.4, 0.5) is 0 Å². The van der Waals surface area contributed by atoms with Crippen molar-refractivity contribution in [3.8, 4) is 101 Å². The zero-order valence-electron chi connectivity index (χ0n) is 35.3. The van der Waals surface area contributed by atoms with E-state index >= 15 is 0 Å². The number of nitrogens with zero attached hydrogens (tertiary/aromatic N) is 2. The van der Waals surface area contributed by atoms with Crippen LogP contribution in [0.3, 0.4) is 0 Å². The standard InChI is InChI=1S/C60H44N2Si/c1-63(2)56-33-13-12-32-55(56)57-58(50-30-16-29-49(36-50)54-39-52(42-20-8-4-9-21-42)38-53(40-54)43-22-10-5-11-23-43)61-59(62-60(57)63)51-31-17-28-48(37-51)47-27-15-26-46(35-47)45-25-14-24-44(34-45)41-18-6-3-7-19-41/h3-40H,1-2H3. The topological polar surface area (TPSA) is 25.8 Å². The number of hydrogen-bond acceptors (Lipinski definition) is 2. The van der Waals surface area contributed by atoms with E-state index in [9.17, 15) is 0 Å². The zero-order chi connectivity index (χ0) is 42.3. The third-order valence-corrected chi connectivity index (χ3v) is 15.9. The maximum absolute atomic E-state index is 5.56. The van der Waals surface area contributed by atoms with Crippen LogP contribution in [0.25, 0.3) is 101 Å². The van der Waals surface area contributed by atoms with Crippen LogP contribution in [0.15, 0.2) is 231 Å². The Morgan fingerprint density at radius 2 is 0.619 bits per heavy atom. The highest BCUT2D eigenvalue weighted by molar-refractivity contribution is 7.03. The minimum atomic E-state index is -2.18. The summed E-state index contributed by atoms with van der Waals surface area (Å²) in [6, 6.07) is 83.2. The second-order valence-electron chi connectivity index (χ2n) is 17.0. The van der Waals surface area contributed by atoms with Crippen molar-refractivity contribution in [1.82, 2.24) is 9.97 Å². The average Bonchev–Trinajstić information content (AvgIpc) is 3.60. The summed E-state index contributed by atoms with van der Waals surface area (Å²) in [6.07, 6.45) is 0. The summed E-state index contributed by atoms with van der Waals surface area (Å²) in [5, 5.41) is 2.60. The second-order valence-corrected chi connectivity index (χ2v) is 21.3. The van der Waals surface area contributed by atoms with Crippen LogP contribution >= 0.6 is 0 Å². The largest absolute Gasteiger partial charge is 0.237 e. The summed E-state index contributed by atoms with van der Waals surface area (Å²) in [5.41, 5.74) is 19.7. The average molecular weight is 821 g/mol. The van der Waals surface area contributed by atoms with Crippen LogP contribution in [-0.4, -0.2) is 18.0 Å². The third-order valence-electron chi connectivity index (χ3n) is 12.6. The molecule has 10 aromatic rings. The minimum absolute atomic E-state index is 0.758. The number of rotatable bonds is 8. The fraction of sp³-hybridized carbons (Fsp3) is 0.0333. The second kappa shape index (κ2) is 16.0. The lowest BCUT2D eigenvalue weighted by atomic mass is 9.92. The molecule has 11 rings (SSSR count). The van der Waals surface area contributed by atoms with Crippen molar-refractivity contribution in [2.45, 2.75) is 13.1 Å². The summed E-state index contributed by atoms with van der Waals surface area (Å²) in [5.74, 6) is 0.758. The summed E-state index contributed by atoms with van der Waals surface area (Å²) in [6.45, 7) is 4.87. The molecule has 0 spiro atoms. The predicted molar refractivity (Wildman–Crippen MR) is 268 cm³/mol. The predicted octanol–water partition coefficient (Wildman–Crippen LogP) is 14.6. The van der Waals surface area contributed by atoms with Gasteiger partial charge in [0.05, 0.1) is 5.69 Å². The summed E-state index contributed by atoms with van der Waals surface area (Å²) >= 11 is 0. The molecule has 0 bridgehead atoms. The highest BCUT2D eigenvalue weighted by Crippen LogP contribution is 2.40. The lowest BCUT2D eigenvalue weighted by Gasteiger charge is -2.19. The van der Waals surface area contributed by atoms with Gasteiger partial charge in [-0.15, -0.1) is 0 Å². The highest BCUT2D eigenvalue weighted by Gasteiger charge is 2.41. The summed E-state index contributed by atoms with van der Waals surface area (Å²) in [7, 11) is -2.18. The molecule has 3 heteroatoms. The SMILES string of the molecule is C[Si]1(C)c2ccccc2-c2c(-c3cccc(-c4cc(-c5ccccc5)cc(-c5ccccc5)c4)c3)nc(-c3cccc(-c4cccc(-c5cccc(-c6ccccc6)c5)c4)c3)nc21. The van der Waals surface area contributed by atoms with Crippen LogP contribution in [0, 0.1) is 0 Å². The van der Waals surface area contributed by atoms with Crippen molar-refractivity contribution >= 4 is 18.6 Å². The summed E-state index contributed by atoms with van der Waals surface area (Å²) in [4.78, 5) is 11.1. The lowest BCUT2D eigenvalue weighted by molar-refractivity contribution is 1.21. The first kappa shape index (κ1) is 38.2. The van der Waals surface area contributed by atoms with Gasteiger partial charge in [0.15, 0.2) is 5.82 Å². The number of benzene rings is 9. The monoisotopic (exact) mass is 820 g/mol. The van der Waals surface area contributed by atoms with Crippen LogP contribution in [0.1, 0.15) is 0 Å². The number of fused-ring (bicyclic) bond motifs is 3. The van der Waals surface area contributed by atoms with Crippen molar-refractivity contribution in [3.05, 3.63) is 231 Å². The molecule has 0 amide bonds. The Bertz CT molecular complexity index is 3240. The molecule has 1 aliphatic heterocycles. The van der Waals surface area contributed by atoms with Crippen molar-refractivity contribution in [2.24, 2.45) is 0 Å². The van der Waals surface area contributed by atoms with Crippen LogP contribution < -0.4 is 10.5 Å². The fourth-order valence-electron chi connectivity index (χ4n) is 9.34. The molecule has 0 N–H and O–H groups in total. The van der Waals surface area contributed by atoms with E-state index < -0.39 is 8.07 Å². The van der Waals surface area contributed by atoms with E-state index in [-0.39, 0.29) is 0 Å². The van der Waals surface area contributed by atoms with Gasteiger partial charge >= 0.3 is 0 Å². The van der Waals surface area contributed by atoms with E-state index in [1.54, 1.807) is 0 Å². The van der Waals surface area contributed by atoms with Crippen molar-refractivity contribution in [2.75, 3.05) is 0 Å². The Hall–Kier alpha value is -7.72. The number of aromatic nitrogens is 2. The van der Waals surface area contributed by atoms with Gasteiger partial charge in [-0.3, -0.25) is 0 Å². The van der Waals surface area contributed by atoms with Gasteiger partial charge in [0.1, 0.15) is 8.07 Å². The fourth-order valence-corrected chi connectivity index (χ4v) is 12.3. The molecular weight excluding hydrogens is 777 g/mol. The smallest absolute Gasteiger partial charge is 0.159 e. The Balaban J connectivity index is 1.03. The third kappa shape index (κ3) is 7.23. The van der Waals surface area contributed by atoms with Crippen molar-refractivity contribution in [1.29, 1.82) is 0 Å². The van der Waals surface area contributed by atoms with Gasteiger partial charge in [-0.2, -0.15) is 0 Å². The van der Waals surface area contributed by atoms with Gasteiger partial charge in [0.25, 0.3) is 0 Å². The van der Waals surface area contributed by atoms with E-state index in [2.05, 4.69) is 244 Å². The molecule has 1 aliphatic rings. The molecular formula is C60H44N2Si. The minimum Gasteiger partial charge on any atom is -0.237 e. The van der Waals surface area contributed by atoms with Crippen molar-refractivity contribution in [3.63, 3.8) is 0 Å². The quantitative estimate of drug-likeness (QED) is 0.143. The molecule has 298 valence electrons. The molecule has 0 saturated carbocycles. The molecule has 0 saturated heterocycles. The van der Waals surface area contributed by atoms with Gasteiger partial charge in [0, 0.05) is 22.0 Å². The zero-order valence-corrected chi connectivity index (χ0v) is 36.3. The Labute approximate surface area is 370 Å². The van der Waals surface area contributed by atoms with Crippen molar-refractivity contribution < 1.29 is 0 Å². The number of hydrogen-bond donors (Lipinski definition) is 0. The first-order valence-corrected chi connectivity index (χ1v) is 24.7. The molecule has 63 heavy (non-hydrogen) atoms. The Morgan fingerprint density at radius 1 is 0.286 bits per heavy atom. The lowest BCUT2D eigenvalue weighted by Crippen LogP contribution is -2.50. The molecule has 0 fully saturated rings. The molecule has 2 heterocycles. The Kier molecular flexibility index (Phi) is 9.68. The molecule has 0 aliphatic carbocycles. The van der Waals surface area contributed by atoms with E-state index in [4.69, 9.17) is 9.97 Å². The van der Waals surface area contributed by atoms with E-state index in [1.807, 2.05) is 0 Å². The summed E-state index contributed by atoms with van der Waals surface area (Å²) < 4.78 is 0. The molecule has 0 unspecified atom stereocenters. The molecule has 0 atom stereocenters. The van der Waals surface area contributed by atoms with Gasteiger partial charge in [-0.25, -0.2) is 9.97 Å². The van der Waals surface area contributed by atoms with Gasteiger partial charge in [0.2, 0.25) is 0 Å². The van der Waals surface area contributed by atoms with Crippen LogP contribution in [0.2, 0.25) is 13.1 Å². The van der Waals surface area contributed by atoms with E-state index in [1.165, 1.54) is 71.7 Å². The highest BCUT2D eigenvalue weighted by atomic mass is 28.3. The van der Waals surface area contributed by atoms with Gasteiger partial charge < -0.3 is 0 Å². The molecule has 0 radical (unpaired) electrons. The normalized spacial score (nSPS) is 12.4. The first-order valence-electron chi connectivity index (χ1n) is 21.7. The maximum Gasteiger partial charge on any atom is 0.159 e. The molecule has 9 aromatic carbocycles. The van der Waals surface area contributed by atoms with Gasteiger partial charge in [-0.1, -0.05) is 201 Å². The van der Waals surface area contributed by atoms with E-state index in [0.29, 0.717) is 0 Å². The first-order chi connectivity index (χ1) is 31.0. The Morgan fingerprint density at radius 3 is 1.14 bits per heavy atom. The van der Waals surface area contributed by atoms with E-state index in [0.717, 1.165) is 39.3 Å². The maximum atomic E-state index is 5.56. The van der Waals surface area contributed by atoms with Crippen LogP contribution in [-0.2, 0) is 0 Å². The van der Waals surface area contributed by atoms with Crippen LogP contribution in [0.5, 0.6) is 0 Å². The molecule has 1 aromatic heterocycles. The molecule has 2 nitrogen and oxygen atoms in total.